The second-order valence-electron chi connectivity index (χ2n) is 15.7. The van der Waals surface area contributed by atoms with E-state index in [2.05, 4.69) is 109 Å². The lowest BCUT2D eigenvalue weighted by atomic mass is 9.60. The van der Waals surface area contributed by atoms with Gasteiger partial charge in [0.15, 0.2) is 0 Å². The van der Waals surface area contributed by atoms with Gasteiger partial charge in [-0.3, -0.25) is 0 Å². The smallest absolute Gasteiger partial charge is 0.000174 e. The maximum atomic E-state index is 4.30. The number of benzene rings is 3. The zero-order chi connectivity index (χ0) is 31.4. The van der Waals surface area contributed by atoms with Crippen molar-refractivity contribution in [3.05, 3.63) is 111 Å². The van der Waals surface area contributed by atoms with Crippen molar-refractivity contribution >= 4 is 17.2 Å². The van der Waals surface area contributed by atoms with Crippen LogP contribution in [0.5, 0.6) is 0 Å². The van der Waals surface area contributed by atoms with Crippen LogP contribution in [-0.2, 0) is 12.8 Å². The van der Waals surface area contributed by atoms with Crippen LogP contribution in [0.25, 0.3) is 28.3 Å². The molecule has 0 amide bonds. The summed E-state index contributed by atoms with van der Waals surface area (Å²) >= 11 is 0. The number of allylic oxidation sites excluding steroid dienone is 4. The molecule has 0 aliphatic heterocycles. The Kier molecular flexibility index (Phi) is 8.30. The van der Waals surface area contributed by atoms with Gasteiger partial charge >= 0.3 is 0 Å². The third-order valence-corrected chi connectivity index (χ3v) is 12.5. The molecule has 7 rings (SSSR count). The molecule has 0 heterocycles. The van der Waals surface area contributed by atoms with Crippen molar-refractivity contribution in [3.8, 4) is 11.1 Å². The Hall–Kier alpha value is -3.12. The number of rotatable bonds is 8. The molecule has 0 aromatic heterocycles. The van der Waals surface area contributed by atoms with Crippen LogP contribution in [-0.4, -0.2) is 0 Å². The fourth-order valence-electron chi connectivity index (χ4n) is 9.46. The molecule has 0 radical (unpaired) electrons. The van der Waals surface area contributed by atoms with Gasteiger partial charge in [0, 0.05) is 5.92 Å². The summed E-state index contributed by atoms with van der Waals surface area (Å²) < 4.78 is 0. The summed E-state index contributed by atoms with van der Waals surface area (Å²) in [6.07, 6.45) is 17.1. The number of fused-ring (bicyclic) bond motifs is 2. The minimum absolute atomic E-state index is 0.528. The van der Waals surface area contributed by atoms with E-state index in [1.165, 1.54) is 101 Å². The monoisotopic (exact) mass is 594 g/mol. The van der Waals surface area contributed by atoms with Crippen molar-refractivity contribution in [2.24, 2.45) is 29.6 Å². The summed E-state index contributed by atoms with van der Waals surface area (Å²) in [6.45, 7) is 18.2. The van der Waals surface area contributed by atoms with Gasteiger partial charge in [-0.2, -0.15) is 0 Å². The van der Waals surface area contributed by atoms with E-state index in [1.807, 2.05) is 0 Å². The molecular formula is C45H54. The van der Waals surface area contributed by atoms with Crippen LogP contribution < -0.4 is 0 Å². The number of hydrogen-bond acceptors (Lipinski definition) is 0. The number of hydrogen-bond donors (Lipinski definition) is 0. The lowest BCUT2D eigenvalue weighted by Gasteiger charge is -2.45. The minimum Gasteiger partial charge on any atom is -0.0998 e. The van der Waals surface area contributed by atoms with Gasteiger partial charge in [0.1, 0.15) is 0 Å². The molecular weight excluding hydrogens is 540 g/mol. The normalized spacial score (nSPS) is 26.0. The summed E-state index contributed by atoms with van der Waals surface area (Å²) in [6, 6.07) is 19.0. The van der Waals surface area contributed by atoms with Crippen molar-refractivity contribution in [1.82, 2.24) is 0 Å². The molecule has 4 aliphatic carbocycles. The zero-order valence-electron chi connectivity index (χ0n) is 28.8. The van der Waals surface area contributed by atoms with Gasteiger partial charge < -0.3 is 0 Å². The van der Waals surface area contributed by atoms with E-state index in [0.717, 1.165) is 42.4 Å². The zero-order valence-corrected chi connectivity index (χ0v) is 28.8. The molecule has 0 N–H and O–H groups in total. The highest BCUT2D eigenvalue weighted by atomic mass is 14.4. The summed E-state index contributed by atoms with van der Waals surface area (Å²) in [5.41, 5.74) is 18.7. The third-order valence-electron chi connectivity index (χ3n) is 12.5. The Morgan fingerprint density at radius 1 is 0.911 bits per heavy atom. The van der Waals surface area contributed by atoms with E-state index < -0.39 is 0 Å². The van der Waals surface area contributed by atoms with E-state index in [0.29, 0.717) is 5.92 Å². The second kappa shape index (κ2) is 12.2. The summed E-state index contributed by atoms with van der Waals surface area (Å²) in [5.74, 6) is 5.19. The van der Waals surface area contributed by atoms with E-state index in [9.17, 15) is 0 Å². The molecule has 0 saturated heterocycles. The van der Waals surface area contributed by atoms with Gasteiger partial charge in [-0.25, -0.2) is 0 Å². The highest BCUT2D eigenvalue weighted by molar-refractivity contribution is 5.94. The lowest BCUT2D eigenvalue weighted by molar-refractivity contribution is 0.0585. The van der Waals surface area contributed by atoms with Crippen LogP contribution in [0.15, 0.2) is 66.8 Å². The molecule has 0 spiro atoms. The Morgan fingerprint density at radius 2 is 1.62 bits per heavy atom. The minimum atomic E-state index is 0.528. The van der Waals surface area contributed by atoms with Crippen LogP contribution in [0.3, 0.4) is 0 Å². The molecule has 0 heteroatoms. The SMILES string of the molecule is C=C(C)Cc1c(C)cc2c(c1-c1ccc(C)cc1)CC(c1ccc3c(c1)C(C1CCC(C4CC(C(C)CC)C4)CC1)=CC3C)=C2. The van der Waals surface area contributed by atoms with E-state index in [-0.39, 0.29) is 0 Å². The molecule has 0 bridgehead atoms. The summed E-state index contributed by atoms with van der Waals surface area (Å²) in [4.78, 5) is 0. The van der Waals surface area contributed by atoms with Crippen molar-refractivity contribution < 1.29 is 0 Å². The molecule has 0 nitrogen and oxygen atoms in total. The van der Waals surface area contributed by atoms with Gasteiger partial charge in [-0.15, -0.1) is 0 Å². The van der Waals surface area contributed by atoms with Gasteiger partial charge in [-0.05, 0) is 169 Å². The first-order chi connectivity index (χ1) is 21.7. The van der Waals surface area contributed by atoms with Gasteiger partial charge in [0.2, 0.25) is 0 Å². The van der Waals surface area contributed by atoms with Crippen LogP contribution in [0.4, 0.5) is 0 Å². The predicted octanol–water partition coefficient (Wildman–Crippen LogP) is 12.6. The summed E-state index contributed by atoms with van der Waals surface area (Å²) in [7, 11) is 0. The first-order valence-corrected chi connectivity index (χ1v) is 18.1. The second-order valence-corrected chi connectivity index (χ2v) is 15.7. The van der Waals surface area contributed by atoms with Crippen LogP contribution in [0.2, 0.25) is 0 Å². The summed E-state index contributed by atoms with van der Waals surface area (Å²) in [5, 5.41) is 0. The first-order valence-electron chi connectivity index (χ1n) is 18.1. The van der Waals surface area contributed by atoms with E-state index in [4.69, 9.17) is 0 Å². The van der Waals surface area contributed by atoms with Gasteiger partial charge in [-0.1, -0.05) is 99.5 Å². The topological polar surface area (TPSA) is 0 Å². The molecule has 2 saturated carbocycles. The molecule has 3 aromatic carbocycles. The predicted molar refractivity (Wildman–Crippen MR) is 195 cm³/mol. The van der Waals surface area contributed by atoms with Crippen molar-refractivity contribution in [2.45, 2.75) is 105 Å². The van der Waals surface area contributed by atoms with E-state index >= 15 is 0 Å². The fraction of sp³-hybridized carbons (Fsp3) is 0.467. The Morgan fingerprint density at radius 3 is 2.31 bits per heavy atom. The Bertz CT molecular complexity index is 1660. The quantitative estimate of drug-likeness (QED) is 0.228. The Labute approximate surface area is 273 Å². The first kappa shape index (κ1) is 30.5. The van der Waals surface area contributed by atoms with Gasteiger partial charge in [0.25, 0.3) is 0 Å². The van der Waals surface area contributed by atoms with Crippen LogP contribution in [0, 0.1) is 43.4 Å². The van der Waals surface area contributed by atoms with E-state index in [1.54, 1.807) is 16.7 Å². The largest absolute Gasteiger partial charge is 0.0998 e. The molecule has 2 unspecified atom stereocenters. The van der Waals surface area contributed by atoms with Crippen LogP contribution in [0.1, 0.15) is 123 Å². The standard InChI is InChI=1S/C45H54/c1-8-29(5)36-22-37(23-36)32-13-15-33(16-14-32)42-21-31(7)40-18-17-35(25-44(40)42)38-24-39-20-30(6)41(19-27(2)3)45(43(39)26-38)34-11-9-28(4)10-12-34/h9-12,17-18,20-21,24-25,29,31-33,36-37H,2,8,13-16,19,22-23,26H2,1,3-7H3. The van der Waals surface area contributed by atoms with Crippen molar-refractivity contribution in [2.75, 3.05) is 0 Å². The van der Waals surface area contributed by atoms with Gasteiger partial charge in [0.05, 0.1) is 0 Å². The van der Waals surface area contributed by atoms with Crippen molar-refractivity contribution in [3.63, 3.8) is 0 Å². The molecule has 234 valence electrons. The lowest BCUT2D eigenvalue weighted by Crippen LogP contribution is -2.35. The number of aryl methyl sites for hydroxylation is 2. The highest BCUT2D eigenvalue weighted by Crippen LogP contribution is 2.52. The molecule has 45 heavy (non-hydrogen) atoms. The highest BCUT2D eigenvalue weighted by Gasteiger charge is 2.39. The Balaban J connectivity index is 1.13. The maximum absolute atomic E-state index is 4.30. The molecule has 2 atom stereocenters. The molecule has 3 aromatic rings. The molecule has 2 fully saturated rings. The average Bonchev–Trinajstić information content (AvgIpc) is 3.58. The molecule has 4 aliphatic rings. The third kappa shape index (κ3) is 5.73. The van der Waals surface area contributed by atoms with Crippen molar-refractivity contribution in [1.29, 1.82) is 0 Å². The maximum Gasteiger partial charge on any atom is 0.000174 e. The average molecular weight is 595 g/mol. The fourth-order valence-corrected chi connectivity index (χ4v) is 9.46. The van der Waals surface area contributed by atoms with Crippen LogP contribution >= 0.6 is 0 Å².